The maximum absolute atomic E-state index is 13.0. The molecular weight excluding hydrogens is 438 g/mol. The summed E-state index contributed by atoms with van der Waals surface area (Å²) in [6.07, 6.45) is 6.56. The van der Waals surface area contributed by atoms with Gasteiger partial charge in [0.25, 0.3) is 5.91 Å². The van der Waals surface area contributed by atoms with Gasteiger partial charge in [-0.3, -0.25) is 14.7 Å². The summed E-state index contributed by atoms with van der Waals surface area (Å²) in [5.41, 5.74) is 5.60. The summed E-state index contributed by atoms with van der Waals surface area (Å²) in [5.74, 6) is 5.91. The minimum absolute atomic E-state index is 0.214. The highest BCUT2D eigenvalue weighted by Gasteiger charge is 2.15. The number of hydrogen-bond donors (Lipinski definition) is 1. The molecule has 8 nitrogen and oxygen atoms in total. The van der Waals surface area contributed by atoms with Crippen LogP contribution in [0.15, 0.2) is 61.2 Å². The molecule has 1 aliphatic rings. The van der Waals surface area contributed by atoms with E-state index in [1.165, 1.54) is 5.56 Å². The fourth-order valence-corrected chi connectivity index (χ4v) is 4.18. The van der Waals surface area contributed by atoms with E-state index in [4.69, 9.17) is 0 Å². The standard InChI is InChI=1S/C27H27N7O/c1-20-12-22(19-33-10-8-32(2)9-11-33)15-24(13-20)31-27(35)23-14-21(16-28-17-23)5-6-25-18-29-26-4-3-7-30-34(25)26/h3-4,7,12-18H,8-11,19H2,1-2H3,(H,31,35). The van der Waals surface area contributed by atoms with E-state index in [1.54, 1.807) is 35.4 Å². The molecule has 1 aliphatic heterocycles. The molecule has 5 rings (SSSR count). The molecule has 0 atom stereocenters. The molecule has 4 aromatic rings. The van der Waals surface area contributed by atoms with E-state index in [2.05, 4.69) is 68.1 Å². The molecular formula is C27H27N7O. The number of carbonyl (C=O) groups is 1. The molecule has 0 aliphatic carbocycles. The Morgan fingerprint density at radius 3 is 2.77 bits per heavy atom. The van der Waals surface area contributed by atoms with Gasteiger partial charge in [0, 0.05) is 62.6 Å². The first kappa shape index (κ1) is 22.7. The third-order valence-corrected chi connectivity index (χ3v) is 6.01. The van der Waals surface area contributed by atoms with Gasteiger partial charge in [0.15, 0.2) is 5.65 Å². The third kappa shape index (κ3) is 5.54. The van der Waals surface area contributed by atoms with Gasteiger partial charge < -0.3 is 10.2 Å². The second-order valence-electron chi connectivity index (χ2n) is 8.89. The smallest absolute Gasteiger partial charge is 0.257 e. The Labute approximate surface area is 204 Å². The zero-order valence-electron chi connectivity index (χ0n) is 19.9. The Bertz CT molecular complexity index is 1420. The van der Waals surface area contributed by atoms with Gasteiger partial charge in [0.05, 0.1) is 11.8 Å². The first-order valence-electron chi connectivity index (χ1n) is 11.6. The number of aryl methyl sites for hydroxylation is 1. The van der Waals surface area contributed by atoms with E-state index in [1.807, 2.05) is 18.2 Å². The maximum Gasteiger partial charge on any atom is 0.257 e. The van der Waals surface area contributed by atoms with Crippen LogP contribution in [-0.2, 0) is 6.54 Å². The molecule has 1 saturated heterocycles. The zero-order chi connectivity index (χ0) is 24.2. The highest BCUT2D eigenvalue weighted by Crippen LogP contribution is 2.18. The number of nitrogens with zero attached hydrogens (tertiary/aromatic N) is 6. The molecule has 1 amide bonds. The predicted molar refractivity (Wildman–Crippen MR) is 135 cm³/mol. The van der Waals surface area contributed by atoms with Crippen molar-refractivity contribution in [2.24, 2.45) is 0 Å². The van der Waals surface area contributed by atoms with Crippen LogP contribution in [-0.4, -0.2) is 68.5 Å². The van der Waals surface area contributed by atoms with E-state index < -0.39 is 0 Å². The minimum atomic E-state index is -0.214. The highest BCUT2D eigenvalue weighted by molar-refractivity contribution is 6.04. The lowest BCUT2D eigenvalue weighted by molar-refractivity contribution is 0.102. The van der Waals surface area contributed by atoms with Gasteiger partial charge in [-0.25, -0.2) is 9.50 Å². The van der Waals surface area contributed by atoms with Crippen LogP contribution in [0, 0.1) is 18.8 Å². The second-order valence-corrected chi connectivity index (χ2v) is 8.89. The molecule has 176 valence electrons. The van der Waals surface area contributed by atoms with Gasteiger partial charge in [-0.2, -0.15) is 5.10 Å². The summed E-state index contributed by atoms with van der Waals surface area (Å²) in [6.45, 7) is 7.19. The number of hydrogen-bond acceptors (Lipinski definition) is 6. The third-order valence-electron chi connectivity index (χ3n) is 6.01. The monoisotopic (exact) mass is 465 g/mol. The molecule has 1 aromatic carbocycles. The molecule has 0 bridgehead atoms. The highest BCUT2D eigenvalue weighted by atomic mass is 16.1. The Balaban J connectivity index is 1.29. The molecule has 0 unspecified atom stereocenters. The average Bonchev–Trinajstić information content (AvgIpc) is 3.27. The fraction of sp³-hybridized carbons (Fsp3) is 0.259. The summed E-state index contributed by atoms with van der Waals surface area (Å²) in [5, 5.41) is 7.29. The summed E-state index contributed by atoms with van der Waals surface area (Å²) >= 11 is 0. The van der Waals surface area contributed by atoms with Crippen molar-refractivity contribution < 1.29 is 4.79 Å². The van der Waals surface area contributed by atoms with Gasteiger partial charge in [0.2, 0.25) is 0 Å². The Morgan fingerprint density at radius 2 is 1.91 bits per heavy atom. The van der Waals surface area contributed by atoms with Crippen molar-refractivity contribution in [3.05, 3.63) is 89.1 Å². The lowest BCUT2D eigenvalue weighted by Gasteiger charge is -2.32. The fourth-order valence-electron chi connectivity index (χ4n) is 4.18. The largest absolute Gasteiger partial charge is 0.322 e. The molecule has 0 saturated carbocycles. The normalized spacial score (nSPS) is 14.5. The van der Waals surface area contributed by atoms with Crippen molar-refractivity contribution in [1.29, 1.82) is 0 Å². The number of rotatable bonds is 4. The van der Waals surface area contributed by atoms with Gasteiger partial charge in [-0.05, 0) is 61.4 Å². The molecule has 8 heteroatoms. The lowest BCUT2D eigenvalue weighted by atomic mass is 10.1. The topological polar surface area (TPSA) is 78.7 Å². The number of imidazole rings is 1. The number of nitrogens with one attached hydrogen (secondary N) is 1. The van der Waals surface area contributed by atoms with Crippen LogP contribution >= 0.6 is 0 Å². The Morgan fingerprint density at radius 1 is 1.06 bits per heavy atom. The van der Waals surface area contributed by atoms with Crippen molar-refractivity contribution in [3.63, 3.8) is 0 Å². The average molecular weight is 466 g/mol. The molecule has 1 fully saturated rings. The summed E-state index contributed by atoms with van der Waals surface area (Å²) in [6, 6.07) is 11.7. The van der Waals surface area contributed by atoms with Crippen LogP contribution in [0.2, 0.25) is 0 Å². The number of fused-ring (bicyclic) bond motifs is 1. The molecule has 4 heterocycles. The number of likely N-dealkylation sites (N-methyl/N-ethyl adjacent to an activating group) is 1. The van der Waals surface area contributed by atoms with Gasteiger partial charge in [-0.1, -0.05) is 12.0 Å². The first-order chi connectivity index (χ1) is 17.0. The number of pyridine rings is 1. The van der Waals surface area contributed by atoms with E-state index in [-0.39, 0.29) is 5.91 Å². The van der Waals surface area contributed by atoms with E-state index >= 15 is 0 Å². The molecule has 0 spiro atoms. The quantitative estimate of drug-likeness (QED) is 0.467. The number of benzene rings is 1. The van der Waals surface area contributed by atoms with E-state index in [0.717, 1.165) is 49.6 Å². The van der Waals surface area contributed by atoms with E-state index in [0.29, 0.717) is 16.8 Å². The Kier molecular flexibility index (Phi) is 6.53. The second kappa shape index (κ2) is 10.1. The summed E-state index contributed by atoms with van der Waals surface area (Å²) in [7, 11) is 2.16. The SMILES string of the molecule is Cc1cc(CN2CCN(C)CC2)cc(NC(=O)c2cncc(C#Cc3cnc4cccnn34)c2)c1. The van der Waals surface area contributed by atoms with Crippen LogP contribution in [0.25, 0.3) is 5.65 Å². The molecule has 3 aromatic heterocycles. The van der Waals surface area contributed by atoms with E-state index in [9.17, 15) is 4.79 Å². The van der Waals surface area contributed by atoms with Crippen molar-refractivity contribution >= 4 is 17.2 Å². The van der Waals surface area contributed by atoms with Crippen LogP contribution < -0.4 is 5.32 Å². The van der Waals surface area contributed by atoms with Gasteiger partial charge in [-0.15, -0.1) is 0 Å². The number of piperazine rings is 1. The van der Waals surface area contributed by atoms with Crippen molar-refractivity contribution in [1.82, 2.24) is 29.4 Å². The predicted octanol–water partition coefficient (Wildman–Crippen LogP) is 2.83. The van der Waals surface area contributed by atoms with Crippen LogP contribution in [0.1, 0.15) is 32.7 Å². The van der Waals surface area contributed by atoms with Crippen LogP contribution in [0.4, 0.5) is 5.69 Å². The van der Waals surface area contributed by atoms with Crippen molar-refractivity contribution in [2.45, 2.75) is 13.5 Å². The summed E-state index contributed by atoms with van der Waals surface area (Å²) < 4.78 is 1.68. The van der Waals surface area contributed by atoms with Crippen LogP contribution in [0.5, 0.6) is 0 Å². The number of aromatic nitrogens is 4. The summed E-state index contributed by atoms with van der Waals surface area (Å²) in [4.78, 5) is 26.3. The van der Waals surface area contributed by atoms with Crippen molar-refractivity contribution in [2.75, 3.05) is 38.5 Å². The number of amides is 1. The van der Waals surface area contributed by atoms with Gasteiger partial charge in [0.1, 0.15) is 5.69 Å². The Hall–Kier alpha value is -4.06. The zero-order valence-corrected chi connectivity index (χ0v) is 19.9. The molecule has 35 heavy (non-hydrogen) atoms. The number of carbonyl (C=O) groups excluding carboxylic acids is 1. The minimum Gasteiger partial charge on any atom is -0.322 e. The van der Waals surface area contributed by atoms with Crippen molar-refractivity contribution in [3.8, 4) is 11.8 Å². The maximum atomic E-state index is 13.0. The van der Waals surface area contributed by atoms with Gasteiger partial charge >= 0.3 is 0 Å². The van der Waals surface area contributed by atoms with Crippen LogP contribution in [0.3, 0.4) is 0 Å². The first-order valence-corrected chi connectivity index (χ1v) is 11.6. The number of anilines is 1. The lowest BCUT2D eigenvalue weighted by Crippen LogP contribution is -2.43. The molecule has 1 N–H and O–H groups in total. The molecule has 0 radical (unpaired) electrons.